The Labute approximate surface area is 161 Å². The van der Waals surface area contributed by atoms with Gasteiger partial charge in [-0.05, 0) is 44.5 Å². The number of pyridine rings is 1. The van der Waals surface area contributed by atoms with Gasteiger partial charge in [-0.3, -0.25) is 19.0 Å². The molecular weight excluding hydrogens is 360 g/mol. The third-order valence-electron chi connectivity index (χ3n) is 4.73. The van der Waals surface area contributed by atoms with Crippen molar-refractivity contribution in [1.82, 2.24) is 4.57 Å². The van der Waals surface area contributed by atoms with E-state index >= 15 is 0 Å². The van der Waals surface area contributed by atoms with Crippen molar-refractivity contribution in [2.45, 2.75) is 20.8 Å². The average Bonchev–Trinajstić information content (AvgIpc) is 2.91. The Kier molecular flexibility index (Phi) is 4.64. The fraction of sp³-hybridized carbons (Fsp3) is 0.200. The first-order valence-corrected chi connectivity index (χ1v) is 8.54. The van der Waals surface area contributed by atoms with Crippen LogP contribution in [0.2, 0.25) is 0 Å². The molecule has 0 unspecified atom stereocenters. The highest BCUT2D eigenvalue weighted by Gasteiger charge is 2.30. The van der Waals surface area contributed by atoms with E-state index in [1.165, 1.54) is 25.1 Å². The normalized spacial score (nSPS) is 15.3. The van der Waals surface area contributed by atoms with Gasteiger partial charge in [0.25, 0.3) is 17.4 Å². The second kappa shape index (κ2) is 6.80. The van der Waals surface area contributed by atoms with Crippen molar-refractivity contribution >= 4 is 29.3 Å². The van der Waals surface area contributed by atoms with E-state index in [1.807, 2.05) is 19.1 Å². The zero-order valence-corrected chi connectivity index (χ0v) is 16.0. The number of rotatable bonds is 3. The molecule has 1 aromatic carbocycles. The first-order valence-electron chi connectivity index (χ1n) is 8.54. The number of amides is 2. The molecule has 1 aliphatic rings. The molecule has 0 atom stereocenters. The largest absolute Gasteiger partial charge is 0.494 e. The monoisotopic (exact) mass is 380 g/mol. The zero-order valence-electron chi connectivity index (χ0n) is 16.0. The van der Waals surface area contributed by atoms with E-state index in [0.717, 1.165) is 10.1 Å². The van der Waals surface area contributed by atoms with Crippen LogP contribution in [-0.4, -0.2) is 27.2 Å². The van der Waals surface area contributed by atoms with Crippen molar-refractivity contribution in [2.75, 3.05) is 5.01 Å². The number of aromatic nitrogens is 1. The highest BCUT2D eigenvalue weighted by atomic mass is 16.3. The summed E-state index contributed by atoms with van der Waals surface area (Å²) in [5, 5.41) is 15.6. The Bertz CT molecular complexity index is 1120. The maximum Gasteiger partial charge on any atom is 0.280 e. The topological polar surface area (TPSA) is 118 Å². The van der Waals surface area contributed by atoms with Crippen molar-refractivity contribution in [3.05, 3.63) is 62.4 Å². The first-order chi connectivity index (χ1) is 13.1. The van der Waals surface area contributed by atoms with Crippen LogP contribution in [0.3, 0.4) is 0 Å². The van der Waals surface area contributed by atoms with Gasteiger partial charge in [-0.15, -0.1) is 0 Å². The molecule has 2 amide bonds. The van der Waals surface area contributed by atoms with Crippen LogP contribution in [0.1, 0.15) is 34.0 Å². The van der Waals surface area contributed by atoms with E-state index in [2.05, 4.69) is 5.10 Å². The van der Waals surface area contributed by atoms with Crippen LogP contribution in [0.4, 0.5) is 5.69 Å². The van der Waals surface area contributed by atoms with Gasteiger partial charge in [0, 0.05) is 12.6 Å². The van der Waals surface area contributed by atoms with Crippen LogP contribution >= 0.6 is 0 Å². The third kappa shape index (κ3) is 2.98. The van der Waals surface area contributed by atoms with Crippen LogP contribution in [0, 0.1) is 13.8 Å². The fourth-order valence-corrected chi connectivity index (χ4v) is 3.06. The molecule has 8 nitrogen and oxygen atoms in total. The van der Waals surface area contributed by atoms with Gasteiger partial charge in [-0.2, -0.15) is 10.1 Å². The lowest BCUT2D eigenvalue weighted by molar-refractivity contribution is -0.114. The molecule has 2 aromatic rings. The van der Waals surface area contributed by atoms with Crippen LogP contribution < -0.4 is 16.3 Å². The van der Waals surface area contributed by atoms with Crippen molar-refractivity contribution in [3.8, 4) is 5.88 Å². The molecular formula is C20H20N4O4. The van der Waals surface area contributed by atoms with Gasteiger partial charge in [0.15, 0.2) is 0 Å². The number of hydrogen-bond acceptors (Lipinski definition) is 5. The van der Waals surface area contributed by atoms with Crippen molar-refractivity contribution in [2.24, 2.45) is 17.9 Å². The lowest BCUT2D eigenvalue weighted by Crippen LogP contribution is -2.27. The number of benzene rings is 1. The molecule has 2 heterocycles. The van der Waals surface area contributed by atoms with Gasteiger partial charge in [0.1, 0.15) is 5.56 Å². The quantitative estimate of drug-likeness (QED) is 0.787. The summed E-state index contributed by atoms with van der Waals surface area (Å²) in [5.74, 6) is -1.77. The summed E-state index contributed by atoms with van der Waals surface area (Å²) in [6.07, 6.45) is 1.39. The molecule has 1 aromatic heterocycles. The van der Waals surface area contributed by atoms with Gasteiger partial charge >= 0.3 is 0 Å². The van der Waals surface area contributed by atoms with Gasteiger partial charge in [0.05, 0.1) is 17.0 Å². The Balaban J connectivity index is 2.14. The second-order valence-electron chi connectivity index (χ2n) is 6.66. The molecule has 0 spiro atoms. The smallest absolute Gasteiger partial charge is 0.280 e. The van der Waals surface area contributed by atoms with Gasteiger partial charge < -0.3 is 10.8 Å². The molecule has 1 aliphatic heterocycles. The van der Waals surface area contributed by atoms with Crippen molar-refractivity contribution in [3.63, 3.8) is 0 Å². The van der Waals surface area contributed by atoms with Gasteiger partial charge in [-0.1, -0.05) is 17.7 Å². The average molecular weight is 380 g/mol. The van der Waals surface area contributed by atoms with Crippen LogP contribution in [0.25, 0.3) is 6.08 Å². The molecule has 144 valence electrons. The number of primary amides is 1. The molecule has 0 bridgehead atoms. The molecule has 0 radical (unpaired) electrons. The number of nitrogens with zero attached hydrogens (tertiary/aromatic N) is 3. The minimum atomic E-state index is -0.866. The molecule has 8 heteroatoms. The maximum absolute atomic E-state index is 12.9. The summed E-state index contributed by atoms with van der Waals surface area (Å²) in [4.78, 5) is 37.2. The number of hydrogen-bond donors (Lipinski definition) is 2. The highest BCUT2D eigenvalue weighted by molar-refractivity contribution is 6.32. The summed E-state index contributed by atoms with van der Waals surface area (Å²) in [7, 11) is 1.32. The van der Waals surface area contributed by atoms with Crippen LogP contribution in [-0.2, 0) is 11.8 Å². The molecule has 0 saturated carbocycles. The molecule has 3 N–H and O–H groups in total. The third-order valence-corrected chi connectivity index (χ3v) is 4.73. The standard InChI is InChI=1S/C20H20N4O4/c1-10-5-7-13(8-6-10)24-19(27)15(12(3)22-24)9-14-11(2)16(17(21)25)20(28)23(4)18(14)26/h5-9,28H,1-4H3,(H2,21,25)/b15-9+. The fourth-order valence-electron chi connectivity index (χ4n) is 3.06. The lowest BCUT2D eigenvalue weighted by atomic mass is 10.0. The predicted molar refractivity (Wildman–Crippen MR) is 106 cm³/mol. The van der Waals surface area contributed by atoms with Gasteiger partial charge in [0.2, 0.25) is 5.88 Å². The second-order valence-corrected chi connectivity index (χ2v) is 6.66. The number of nitrogens with two attached hydrogens (primary N) is 1. The van der Waals surface area contributed by atoms with E-state index in [4.69, 9.17) is 5.73 Å². The van der Waals surface area contributed by atoms with Crippen LogP contribution in [0.15, 0.2) is 39.7 Å². The maximum atomic E-state index is 12.9. The summed E-state index contributed by atoms with van der Waals surface area (Å²) in [5.41, 5.74) is 7.23. The highest BCUT2D eigenvalue weighted by Crippen LogP contribution is 2.27. The molecule has 0 aliphatic carbocycles. The van der Waals surface area contributed by atoms with E-state index in [-0.39, 0.29) is 22.3 Å². The summed E-state index contributed by atoms with van der Waals surface area (Å²) < 4.78 is 0.920. The number of carbonyl (C=O) groups excluding carboxylic acids is 2. The first kappa shape index (κ1) is 19.1. The number of aryl methyl sites for hydroxylation is 1. The number of aromatic hydroxyl groups is 1. The minimum absolute atomic E-state index is 0.0951. The number of hydrazone groups is 1. The van der Waals surface area contributed by atoms with Crippen LogP contribution in [0.5, 0.6) is 5.88 Å². The molecule has 0 saturated heterocycles. The molecule has 28 heavy (non-hydrogen) atoms. The van der Waals surface area contributed by atoms with E-state index in [0.29, 0.717) is 11.4 Å². The predicted octanol–water partition coefficient (Wildman–Crippen LogP) is 1.61. The zero-order chi connectivity index (χ0) is 20.7. The minimum Gasteiger partial charge on any atom is -0.494 e. The van der Waals surface area contributed by atoms with Gasteiger partial charge in [-0.25, -0.2) is 0 Å². The number of anilines is 1. The van der Waals surface area contributed by atoms with Crippen molar-refractivity contribution in [1.29, 1.82) is 0 Å². The Morgan fingerprint density at radius 3 is 2.32 bits per heavy atom. The summed E-state index contributed by atoms with van der Waals surface area (Å²) >= 11 is 0. The Hall–Kier alpha value is -3.68. The van der Waals surface area contributed by atoms with E-state index < -0.39 is 23.3 Å². The molecule has 0 fully saturated rings. The molecule has 3 rings (SSSR count). The van der Waals surface area contributed by atoms with E-state index in [9.17, 15) is 19.5 Å². The Morgan fingerprint density at radius 2 is 1.75 bits per heavy atom. The summed E-state index contributed by atoms with van der Waals surface area (Å²) in [6, 6.07) is 7.30. The number of carbonyl (C=O) groups is 2. The SMILES string of the molecule is CC1=NN(c2ccc(C)cc2)C(=O)/C1=C/c1c(C)c(C(N)=O)c(O)n(C)c1=O. The van der Waals surface area contributed by atoms with E-state index in [1.54, 1.807) is 19.1 Å². The lowest BCUT2D eigenvalue weighted by Gasteiger charge is -2.13. The van der Waals surface area contributed by atoms with Crippen molar-refractivity contribution < 1.29 is 14.7 Å². The summed E-state index contributed by atoms with van der Waals surface area (Å²) in [6.45, 7) is 5.10. The Morgan fingerprint density at radius 1 is 1.14 bits per heavy atom.